The molecule has 0 aliphatic rings. The van der Waals surface area contributed by atoms with Gasteiger partial charge < -0.3 is 0 Å². The summed E-state index contributed by atoms with van der Waals surface area (Å²) in [5.74, 6) is 0. The number of nitrogens with zero attached hydrogens (tertiary/aromatic N) is 3. The molecular weight excluding hydrogens is 170 g/mol. The quantitative estimate of drug-likeness (QED) is 0.388. The van der Waals surface area contributed by atoms with Crippen molar-refractivity contribution in [2.45, 2.75) is 6.92 Å². The molecule has 1 rings (SSSR count). The lowest BCUT2D eigenvalue weighted by Crippen LogP contribution is -1.66. The predicted molar refractivity (Wildman–Crippen MR) is 52.1 cm³/mol. The molecule has 0 N–H and O–H groups in total. The molecule has 1 aromatic heterocycles. The van der Waals surface area contributed by atoms with Gasteiger partial charge in [-0.1, -0.05) is 17.3 Å². The van der Waals surface area contributed by atoms with E-state index in [4.69, 9.17) is 5.53 Å². The zero-order valence-corrected chi connectivity index (χ0v) is 7.58. The minimum absolute atomic E-state index is 0.422. The summed E-state index contributed by atoms with van der Waals surface area (Å²) < 4.78 is 0. The highest BCUT2D eigenvalue weighted by molar-refractivity contribution is 7.10. The van der Waals surface area contributed by atoms with Crippen LogP contribution < -0.4 is 0 Å². The van der Waals surface area contributed by atoms with Crippen molar-refractivity contribution in [3.63, 3.8) is 0 Å². The van der Waals surface area contributed by atoms with Gasteiger partial charge in [0.05, 0.1) is 0 Å². The van der Waals surface area contributed by atoms with Crippen LogP contribution in [0.4, 0.5) is 0 Å². The maximum atomic E-state index is 7.99. The SMILES string of the molecule is Cc1cc(C=CCN=[N+]=[N-])cs1. The van der Waals surface area contributed by atoms with E-state index >= 15 is 0 Å². The van der Waals surface area contributed by atoms with Crippen LogP contribution in [0.25, 0.3) is 16.5 Å². The van der Waals surface area contributed by atoms with E-state index in [1.807, 2.05) is 12.2 Å². The molecule has 0 bridgehead atoms. The van der Waals surface area contributed by atoms with Crippen LogP contribution in [-0.4, -0.2) is 6.54 Å². The first-order valence-electron chi connectivity index (χ1n) is 3.55. The van der Waals surface area contributed by atoms with Gasteiger partial charge in [0.2, 0.25) is 0 Å². The topological polar surface area (TPSA) is 48.8 Å². The highest BCUT2D eigenvalue weighted by atomic mass is 32.1. The van der Waals surface area contributed by atoms with E-state index < -0.39 is 0 Å². The van der Waals surface area contributed by atoms with Crippen molar-refractivity contribution in [2.24, 2.45) is 5.11 Å². The standard InChI is InChI=1S/C8H9N3S/c1-7-5-8(6-12-7)3-2-4-10-11-9/h2-3,5-6H,4H2,1H3. The molecule has 3 nitrogen and oxygen atoms in total. The molecule has 62 valence electrons. The van der Waals surface area contributed by atoms with Crippen LogP contribution in [0.5, 0.6) is 0 Å². The fourth-order valence-corrected chi connectivity index (χ4v) is 1.50. The Hall–Kier alpha value is -1.25. The Kier molecular flexibility index (Phi) is 3.38. The number of rotatable bonds is 3. The lowest BCUT2D eigenvalue weighted by molar-refractivity contribution is 1.22. The molecule has 0 radical (unpaired) electrons. The Morgan fingerprint density at radius 1 is 1.75 bits per heavy atom. The first-order chi connectivity index (χ1) is 5.83. The summed E-state index contributed by atoms with van der Waals surface area (Å²) in [5, 5.41) is 5.46. The van der Waals surface area contributed by atoms with Gasteiger partial charge in [0.15, 0.2) is 0 Å². The number of aryl methyl sites for hydroxylation is 1. The number of hydrogen-bond acceptors (Lipinski definition) is 2. The second-order valence-electron chi connectivity index (χ2n) is 2.31. The molecule has 0 fully saturated rings. The fraction of sp³-hybridized carbons (Fsp3) is 0.250. The van der Waals surface area contributed by atoms with Gasteiger partial charge in [-0.25, -0.2) is 0 Å². The maximum Gasteiger partial charge on any atom is 0.0443 e. The largest absolute Gasteiger partial charge is 0.149 e. The first-order valence-corrected chi connectivity index (χ1v) is 4.43. The van der Waals surface area contributed by atoms with E-state index in [2.05, 4.69) is 28.4 Å². The Morgan fingerprint density at radius 3 is 3.17 bits per heavy atom. The van der Waals surface area contributed by atoms with Crippen LogP contribution in [0.15, 0.2) is 22.6 Å². The van der Waals surface area contributed by atoms with E-state index in [1.165, 1.54) is 10.4 Å². The van der Waals surface area contributed by atoms with Gasteiger partial charge in [-0.15, -0.1) is 11.3 Å². The van der Waals surface area contributed by atoms with E-state index in [0.717, 1.165) is 0 Å². The van der Waals surface area contributed by atoms with Gasteiger partial charge in [0.25, 0.3) is 0 Å². The van der Waals surface area contributed by atoms with E-state index in [-0.39, 0.29) is 0 Å². The summed E-state index contributed by atoms with van der Waals surface area (Å²) in [6.45, 7) is 2.49. The molecule has 0 saturated heterocycles. The minimum atomic E-state index is 0.422. The lowest BCUT2D eigenvalue weighted by atomic mass is 10.3. The Balaban J connectivity index is 2.51. The normalized spacial score (nSPS) is 10.1. The zero-order valence-electron chi connectivity index (χ0n) is 6.77. The van der Waals surface area contributed by atoms with Gasteiger partial charge in [0, 0.05) is 16.3 Å². The number of azide groups is 1. The van der Waals surface area contributed by atoms with Crippen LogP contribution in [0.3, 0.4) is 0 Å². The summed E-state index contributed by atoms with van der Waals surface area (Å²) in [6, 6.07) is 2.09. The van der Waals surface area contributed by atoms with Crippen LogP contribution >= 0.6 is 11.3 Å². The summed E-state index contributed by atoms with van der Waals surface area (Å²) in [5.41, 5.74) is 9.17. The second kappa shape index (κ2) is 4.59. The van der Waals surface area contributed by atoms with Gasteiger partial charge in [-0.05, 0) is 29.5 Å². The number of hydrogen-bond donors (Lipinski definition) is 0. The van der Waals surface area contributed by atoms with Crippen LogP contribution in [0.2, 0.25) is 0 Å². The van der Waals surface area contributed by atoms with Crippen LogP contribution in [0.1, 0.15) is 10.4 Å². The molecule has 12 heavy (non-hydrogen) atoms. The molecular formula is C8H9N3S. The van der Waals surface area contributed by atoms with Gasteiger partial charge in [-0.3, -0.25) is 0 Å². The van der Waals surface area contributed by atoms with Crippen LogP contribution in [-0.2, 0) is 0 Å². The fourth-order valence-electron chi connectivity index (χ4n) is 0.824. The lowest BCUT2D eigenvalue weighted by Gasteiger charge is -1.80. The Labute approximate surface area is 75.0 Å². The van der Waals surface area contributed by atoms with Crippen molar-refractivity contribution in [2.75, 3.05) is 6.54 Å². The van der Waals surface area contributed by atoms with Crippen LogP contribution in [0, 0.1) is 6.92 Å². The minimum Gasteiger partial charge on any atom is -0.149 e. The molecule has 4 heteroatoms. The van der Waals surface area contributed by atoms with Gasteiger partial charge in [-0.2, -0.15) is 0 Å². The third-order valence-electron chi connectivity index (χ3n) is 1.31. The van der Waals surface area contributed by atoms with Gasteiger partial charge >= 0.3 is 0 Å². The van der Waals surface area contributed by atoms with Crippen molar-refractivity contribution >= 4 is 17.4 Å². The van der Waals surface area contributed by atoms with Crippen molar-refractivity contribution in [3.8, 4) is 0 Å². The third-order valence-corrected chi connectivity index (χ3v) is 2.19. The molecule has 0 atom stereocenters. The number of thiophene rings is 1. The van der Waals surface area contributed by atoms with E-state index in [9.17, 15) is 0 Å². The molecule has 0 amide bonds. The molecule has 0 aliphatic carbocycles. The van der Waals surface area contributed by atoms with Crippen molar-refractivity contribution in [3.05, 3.63) is 38.4 Å². The van der Waals surface area contributed by atoms with Crippen molar-refractivity contribution < 1.29 is 0 Å². The third kappa shape index (κ3) is 2.78. The second-order valence-corrected chi connectivity index (χ2v) is 3.42. The molecule has 1 aromatic rings. The predicted octanol–water partition coefficient (Wildman–Crippen LogP) is 3.38. The molecule has 0 unspecified atom stereocenters. The summed E-state index contributed by atoms with van der Waals surface area (Å²) in [6.07, 6.45) is 3.80. The zero-order chi connectivity index (χ0) is 8.81. The monoisotopic (exact) mass is 179 g/mol. The van der Waals surface area contributed by atoms with E-state index in [1.54, 1.807) is 11.3 Å². The highest BCUT2D eigenvalue weighted by Gasteiger charge is 1.88. The highest BCUT2D eigenvalue weighted by Crippen LogP contribution is 2.13. The average molecular weight is 179 g/mol. The summed E-state index contributed by atoms with van der Waals surface area (Å²) in [4.78, 5) is 3.94. The summed E-state index contributed by atoms with van der Waals surface area (Å²) >= 11 is 1.71. The molecule has 0 saturated carbocycles. The Morgan fingerprint density at radius 2 is 2.58 bits per heavy atom. The van der Waals surface area contributed by atoms with Crippen molar-refractivity contribution in [1.82, 2.24) is 0 Å². The van der Waals surface area contributed by atoms with Crippen molar-refractivity contribution in [1.29, 1.82) is 0 Å². The molecule has 0 spiro atoms. The average Bonchev–Trinajstić information content (AvgIpc) is 2.45. The first kappa shape index (κ1) is 8.84. The molecule has 0 aliphatic heterocycles. The maximum absolute atomic E-state index is 7.99. The summed E-state index contributed by atoms with van der Waals surface area (Å²) in [7, 11) is 0. The smallest absolute Gasteiger partial charge is 0.0443 e. The Bertz CT molecular complexity index is 321. The van der Waals surface area contributed by atoms with Gasteiger partial charge in [0.1, 0.15) is 0 Å². The molecule has 1 heterocycles. The molecule has 0 aromatic carbocycles. The van der Waals surface area contributed by atoms with E-state index in [0.29, 0.717) is 6.54 Å².